The van der Waals surface area contributed by atoms with Gasteiger partial charge in [-0.2, -0.15) is 9.61 Å². The van der Waals surface area contributed by atoms with Gasteiger partial charge in [0.05, 0.1) is 12.6 Å². The monoisotopic (exact) mass is 710 g/mol. The lowest BCUT2D eigenvalue weighted by atomic mass is 9.81. The molecule has 1 aromatic carbocycles. The van der Waals surface area contributed by atoms with Crippen LogP contribution in [0.2, 0.25) is 0 Å². The summed E-state index contributed by atoms with van der Waals surface area (Å²) in [5.74, 6) is -1.44. The zero-order chi connectivity index (χ0) is 35.6. The van der Waals surface area contributed by atoms with Gasteiger partial charge in [0.15, 0.2) is 6.23 Å². The highest BCUT2D eigenvalue weighted by Gasteiger charge is 2.45. The number of nitrogens with two attached hydrogens (primary N) is 3. The Kier molecular flexibility index (Phi) is 13.2. The number of benzene rings is 1. The number of rotatable bonds is 15. The lowest BCUT2D eigenvalue weighted by molar-refractivity contribution is -0.157. The SMILES string of the molecule is NC(=NCCCC(N)C(=O)NC1(C(=O)OCc2ccccc2)CCCCC1)NOP(=O)(O)OC[C@H]1O[C@@H](n2ccc(N)nc2=O)[C@H](O)[C@@H]1O. The van der Waals surface area contributed by atoms with Crippen LogP contribution in [0.1, 0.15) is 56.7 Å². The first-order chi connectivity index (χ1) is 23.3. The maximum absolute atomic E-state index is 13.1. The quantitative estimate of drug-likeness (QED) is 0.0276. The van der Waals surface area contributed by atoms with Gasteiger partial charge >= 0.3 is 19.5 Å². The lowest BCUT2D eigenvalue weighted by Crippen LogP contribution is -2.59. The molecule has 1 aliphatic heterocycles. The molecule has 6 atom stereocenters. The van der Waals surface area contributed by atoms with Gasteiger partial charge in [-0.3, -0.25) is 18.9 Å². The van der Waals surface area contributed by atoms with Crippen molar-refractivity contribution in [3.63, 3.8) is 0 Å². The number of amides is 1. The molecule has 11 N–H and O–H groups in total. The molecule has 1 aliphatic carbocycles. The van der Waals surface area contributed by atoms with Gasteiger partial charge in [0.2, 0.25) is 11.9 Å². The van der Waals surface area contributed by atoms with Crippen LogP contribution < -0.4 is 33.7 Å². The number of nitrogens with one attached hydrogen (secondary N) is 2. The molecule has 2 fully saturated rings. The molecule has 2 aliphatic rings. The second kappa shape index (κ2) is 17.1. The molecule has 49 heavy (non-hydrogen) atoms. The highest BCUT2D eigenvalue weighted by Crippen LogP contribution is 2.43. The van der Waals surface area contributed by atoms with Crippen LogP contribution in [0.15, 0.2) is 52.4 Å². The third kappa shape index (κ3) is 10.5. The summed E-state index contributed by atoms with van der Waals surface area (Å²) in [4.78, 5) is 55.6. The maximum atomic E-state index is 13.1. The number of aliphatic imine (C=N–C) groups is 1. The van der Waals surface area contributed by atoms with Gasteiger partial charge in [-0.25, -0.2) is 19.6 Å². The fraction of sp³-hybridized carbons (Fsp3) is 0.552. The molecule has 20 heteroatoms. The Hall–Kier alpha value is -3.94. The first-order valence-electron chi connectivity index (χ1n) is 15.7. The van der Waals surface area contributed by atoms with E-state index in [-0.39, 0.29) is 31.3 Å². The number of carbonyl (C=O) groups excluding carboxylic acids is 2. The van der Waals surface area contributed by atoms with Gasteiger partial charge in [0.25, 0.3) is 0 Å². The first-order valence-corrected chi connectivity index (χ1v) is 17.2. The number of aliphatic hydroxyl groups is 2. The molecule has 2 heterocycles. The summed E-state index contributed by atoms with van der Waals surface area (Å²) in [5, 5.41) is 23.4. The number of aromatic nitrogens is 2. The molecule has 1 saturated carbocycles. The Balaban J connectivity index is 1.18. The number of hydrogen-bond donors (Lipinski definition) is 8. The average molecular weight is 711 g/mol. The number of phosphoric acid groups is 1. The Morgan fingerprint density at radius 1 is 1.16 bits per heavy atom. The minimum absolute atomic E-state index is 0.0583. The molecule has 270 valence electrons. The Morgan fingerprint density at radius 3 is 2.57 bits per heavy atom. The summed E-state index contributed by atoms with van der Waals surface area (Å²) in [6.45, 7) is -0.566. The molecular weight excluding hydrogens is 667 g/mol. The van der Waals surface area contributed by atoms with Crippen molar-refractivity contribution in [3.05, 3.63) is 58.6 Å². The molecule has 1 aromatic heterocycles. The molecule has 0 spiro atoms. The number of anilines is 1. The molecule has 19 nitrogen and oxygen atoms in total. The Morgan fingerprint density at radius 2 is 1.88 bits per heavy atom. The van der Waals surface area contributed by atoms with Gasteiger partial charge in [0.1, 0.15) is 36.3 Å². The number of nitrogen functional groups attached to an aromatic ring is 1. The number of guanidine groups is 1. The van der Waals surface area contributed by atoms with E-state index in [1.165, 1.54) is 12.3 Å². The van der Waals surface area contributed by atoms with Crippen molar-refractivity contribution in [1.82, 2.24) is 20.3 Å². The number of aliphatic hydroxyl groups excluding tert-OH is 2. The summed E-state index contributed by atoms with van der Waals surface area (Å²) in [6, 6.07) is 9.58. The summed E-state index contributed by atoms with van der Waals surface area (Å²) in [6.07, 6.45) is -0.819. The van der Waals surface area contributed by atoms with E-state index in [1.807, 2.05) is 35.8 Å². The number of nitrogens with zero attached hydrogens (tertiary/aromatic N) is 3. The number of ether oxygens (including phenoxy) is 2. The van der Waals surface area contributed by atoms with Crippen molar-refractivity contribution in [2.24, 2.45) is 16.5 Å². The maximum Gasteiger partial charge on any atom is 0.493 e. The minimum atomic E-state index is -4.83. The Labute approximate surface area is 281 Å². The van der Waals surface area contributed by atoms with E-state index in [0.717, 1.165) is 29.4 Å². The second-order valence-corrected chi connectivity index (χ2v) is 13.1. The standard InChI is InChI=1S/C29H43N8O11P/c30-19(24(40)35-29(12-5-2-6-13-29)26(41)45-16-18-8-3-1-4-9-18)10-7-14-33-27(32)36-48-49(43,44)46-17-20-22(38)23(39)25(47-20)37-15-11-21(31)34-28(37)42/h1,3-4,8-9,11,15,19-20,22-23,25,38-39H,2,5-7,10,12-14,16-17,30H2,(H,35,40)(H,43,44)(H2,31,34,42)(H3,32,33,36)/t19?,20-,22-,23-,25-/m1/s1. The molecule has 4 rings (SSSR count). The van der Waals surface area contributed by atoms with E-state index in [4.69, 9.17) is 31.2 Å². The van der Waals surface area contributed by atoms with Gasteiger partial charge in [0, 0.05) is 12.7 Å². The zero-order valence-corrected chi connectivity index (χ0v) is 27.5. The van der Waals surface area contributed by atoms with Crippen molar-refractivity contribution in [2.75, 3.05) is 18.9 Å². The van der Waals surface area contributed by atoms with Crippen molar-refractivity contribution < 1.29 is 47.9 Å². The molecule has 1 saturated heterocycles. The normalized spacial score (nSPS) is 24.0. The molecule has 0 bridgehead atoms. The third-order valence-corrected chi connectivity index (χ3v) is 8.89. The lowest BCUT2D eigenvalue weighted by Gasteiger charge is -2.36. The van der Waals surface area contributed by atoms with Gasteiger partial charge in [-0.15, -0.1) is 0 Å². The number of hydroxylamine groups is 1. The highest BCUT2D eigenvalue weighted by molar-refractivity contribution is 7.47. The van der Waals surface area contributed by atoms with E-state index in [2.05, 4.69) is 19.9 Å². The predicted octanol–water partition coefficient (Wildman–Crippen LogP) is -0.932. The van der Waals surface area contributed by atoms with Crippen LogP contribution in [0, 0.1) is 0 Å². The van der Waals surface area contributed by atoms with Crippen molar-refractivity contribution in [2.45, 2.75) is 87.7 Å². The van der Waals surface area contributed by atoms with Crippen LogP contribution in [0.4, 0.5) is 5.82 Å². The summed E-state index contributed by atoms with van der Waals surface area (Å²) < 4.78 is 33.7. The molecule has 2 unspecified atom stereocenters. The van der Waals surface area contributed by atoms with Crippen molar-refractivity contribution in [1.29, 1.82) is 0 Å². The third-order valence-electron chi connectivity index (χ3n) is 8.10. The second-order valence-electron chi connectivity index (χ2n) is 11.8. The summed E-state index contributed by atoms with van der Waals surface area (Å²) in [5.41, 5.74) is 18.1. The fourth-order valence-electron chi connectivity index (χ4n) is 5.41. The molecular formula is C29H43N8O11P. The van der Waals surface area contributed by atoms with E-state index in [9.17, 15) is 34.1 Å². The fourth-order valence-corrected chi connectivity index (χ4v) is 6.01. The average Bonchev–Trinajstić information content (AvgIpc) is 3.36. The topological polar surface area (TPSA) is 298 Å². The predicted molar refractivity (Wildman–Crippen MR) is 173 cm³/mol. The largest absolute Gasteiger partial charge is 0.493 e. The van der Waals surface area contributed by atoms with Crippen LogP contribution >= 0.6 is 7.82 Å². The number of carbonyl (C=O) groups is 2. The first kappa shape index (κ1) is 37.9. The summed E-state index contributed by atoms with van der Waals surface area (Å²) >= 11 is 0. The molecule has 1 amide bonds. The minimum Gasteiger partial charge on any atom is -0.459 e. The van der Waals surface area contributed by atoms with E-state index in [1.54, 1.807) is 0 Å². The number of hydrogen-bond acceptors (Lipinski definition) is 14. The van der Waals surface area contributed by atoms with Gasteiger partial charge in [-0.05, 0) is 37.3 Å². The van der Waals surface area contributed by atoms with Crippen LogP contribution in [0.5, 0.6) is 0 Å². The van der Waals surface area contributed by atoms with Gasteiger partial charge in [-0.1, -0.05) is 49.6 Å². The van der Waals surface area contributed by atoms with E-state index >= 15 is 0 Å². The van der Waals surface area contributed by atoms with Crippen LogP contribution in [-0.4, -0.2) is 85.5 Å². The van der Waals surface area contributed by atoms with Crippen molar-refractivity contribution in [3.8, 4) is 0 Å². The number of phosphoric ester groups is 1. The van der Waals surface area contributed by atoms with Crippen LogP contribution in [-0.2, 0) is 39.4 Å². The highest BCUT2D eigenvalue weighted by atomic mass is 31.2. The van der Waals surface area contributed by atoms with Crippen LogP contribution in [0.25, 0.3) is 0 Å². The molecule has 0 radical (unpaired) electrons. The van der Waals surface area contributed by atoms with Gasteiger partial charge < -0.3 is 47.1 Å². The summed E-state index contributed by atoms with van der Waals surface area (Å²) in [7, 11) is -4.83. The van der Waals surface area contributed by atoms with E-state index < -0.39 is 68.1 Å². The van der Waals surface area contributed by atoms with E-state index in [0.29, 0.717) is 19.3 Å². The zero-order valence-electron chi connectivity index (χ0n) is 26.6. The molecule has 2 aromatic rings. The smallest absolute Gasteiger partial charge is 0.459 e. The van der Waals surface area contributed by atoms with Crippen LogP contribution in [0.3, 0.4) is 0 Å². The van der Waals surface area contributed by atoms with Crippen molar-refractivity contribution >= 4 is 31.5 Å². The number of esters is 1. The Bertz CT molecular complexity index is 1560.